The van der Waals surface area contributed by atoms with E-state index in [1.807, 2.05) is 0 Å². The van der Waals surface area contributed by atoms with Crippen LogP contribution in [0.2, 0.25) is 10.0 Å². The fourth-order valence-corrected chi connectivity index (χ4v) is 3.46. The van der Waals surface area contributed by atoms with E-state index in [1.165, 1.54) is 18.2 Å². The number of hydrogen-bond donors (Lipinski definition) is 1. The van der Waals surface area contributed by atoms with Crippen LogP contribution >= 0.6 is 39.1 Å². The maximum atomic E-state index is 12.2. The Morgan fingerprint density at radius 1 is 0.947 bits per heavy atom. The molecular weight excluding hydrogens is 373 g/mol. The van der Waals surface area contributed by atoms with E-state index in [0.717, 1.165) is 4.47 Å². The summed E-state index contributed by atoms with van der Waals surface area (Å²) < 4.78 is 27.6. The van der Waals surface area contributed by atoms with Crippen molar-refractivity contribution in [1.29, 1.82) is 0 Å². The van der Waals surface area contributed by atoms with Gasteiger partial charge in [-0.15, -0.1) is 0 Å². The number of rotatable bonds is 3. The van der Waals surface area contributed by atoms with Crippen LogP contribution in [0.3, 0.4) is 0 Å². The van der Waals surface area contributed by atoms with Crippen LogP contribution in [0, 0.1) is 0 Å². The quantitative estimate of drug-likeness (QED) is 0.848. The van der Waals surface area contributed by atoms with E-state index in [-0.39, 0.29) is 14.9 Å². The summed E-state index contributed by atoms with van der Waals surface area (Å²) in [5.41, 5.74) is 0.458. The number of anilines is 1. The minimum absolute atomic E-state index is 0.0212. The molecule has 0 saturated heterocycles. The highest BCUT2D eigenvalue weighted by Gasteiger charge is 2.15. The Bertz CT molecular complexity index is 682. The molecule has 0 saturated carbocycles. The molecule has 0 radical (unpaired) electrons. The normalized spacial score (nSPS) is 11.3. The predicted molar refractivity (Wildman–Crippen MR) is 81.4 cm³/mol. The average Bonchev–Trinajstić information content (AvgIpc) is 2.31. The number of benzene rings is 2. The minimum Gasteiger partial charge on any atom is -0.280 e. The Kier molecular flexibility index (Phi) is 4.40. The SMILES string of the molecule is O=S(=O)(Nc1ccc(Br)cc1)c1cc(Cl)cc(Cl)c1. The van der Waals surface area contributed by atoms with Gasteiger partial charge >= 0.3 is 0 Å². The molecule has 7 heteroatoms. The fourth-order valence-electron chi connectivity index (χ4n) is 1.42. The highest BCUT2D eigenvalue weighted by atomic mass is 79.9. The molecule has 0 aliphatic rings. The molecule has 2 aromatic rings. The number of halogens is 3. The maximum absolute atomic E-state index is 12.2. The predicted octanol–water partition coefficient (Wildman–Crippen LogP) is 4.56. The van der Waals surface area contributed by atoms with E-state index in [4.69, 9.17) is 23.2 Å². The number of nitrogens with one attached hydrogen (secondary N) is 1. The van der Waals surface area contributed by atoms with Crippen molar-refractivity contribution in [2.75, 3.05) is 4.72 Å². The molecule has 2 aromatic carbocycles. The van der Waals surface area contributed by atoms with Gasteiger partial charge in [-0.2, -0.15) is 0 Å². The molecule has 0 unspecified atom stereocenters. The van der Waals surface area contributed by atoms with Crippen molar-refractivity contribution < 1.29 is 8.42 Å². The fraction of sp³-hybridized carbons (Fsp3) is 0. The third-order valence-corrected chi connectivity index (χ3v) is 4.57. The Labute approximate surface area is 129 Å². The lowest BCUT2D eigenvalue weighted by atomic mass is 10.3. The van der Waals surface area contributed by atoms with E-state index in [1.54, 1.807) is 24.3 Å². The minimum atomic E-state index is -3.71. The van der Waals surface area contributed by atoms with Crippen LogP contribution in [0.4, 0.5) is 5.69 Å². The Morgan fingerprint density at radius 3 is 2.00 bits per heavy atom. The monoisotopic (exact) mass is 379 g/mol. The van der Waals surface area contributed by atoms with E-state index in [9.17, 15) is 8.42 Å². The number of sulfonamides is 1. The molecule has 0 atom stereocenters. The largest absolute Gasteiger partial charge is 0.280 e. The zero-order chi connectivity index (χ0) is 14.0. The van der Waals surface area contributed by atoms with E-state index >= 15 is 0 Å². The first kappa shape index (κ1) is 14.7. The van der Waals surface area contributed by atoms with Crippen LogP contribution in [0.25, 0.3) is 0 Å². The maximum Gasteiger partial charge on any atom is 0.261 e. The lowest BCUT2D eigenvalue weighted by Crippen LogP contribution is -2.12. The lowest BCUT2D eigenvalue weighted by Gasteiger charge is -2.09. The standard InChI is InChI=1S/C12H8BrCl2NO2S/c13-8-1-3-11(4-2-8)16-19(17,18)12-6-9(14)5-10(15)7-12/h1-7,16H. The molecule has 0 amide bonds. The lowest BCUT2D eigenvalue weighted by molar-refractivity contribution is 0.601. The van der Waals surface area contributed by atoms with Crippen LogP contribution in [0.15, 0.2) is 51.8 Å². The topological polar surface area (TPSA) is 46.2 Å². The van der Waals surface area contributed by atoms with Gasteiger partial charge in [0.05, 0.1) is 4.90 Å². The molecule has 19 heavy (non-hydrogen) atoms. The third kappa shape index (κ3) is 3.86. The first-order valence-corrected chi connectivity index (χ1v) is 8.14. The van der Waals surface area contributed by atoms with Crippen molar-refractivity contribution in [3.05, 3.63) is 57.0 Å². The Hall–Kier alpha value is -0.750. The van der Waals surface area contributed by atoms with E-state index in [2.05, 4.69) is 20.7 Å². The summed E-state index contributed by atoms with van der Waals surface area (Å²) in [5.74, 6) is 0. The first-order valence-electron chi connectivity index (χ1n) is 5.11. The zero-order valence-electron chi connectivity index (χ0n) is 9.40. The van der Waals surface area contributed by atoms with Crippen molar-refractivity contribution in [2.45, 2.75) is 4.90 Å². The summed E-state index contributed by atoms with van der Waals surface area (Å²) >= 11 is 14.9. The molecule has 0 aliphatic heterocycles. The average molecular weight is 381 g/mol. The molecular formula is C12H8BrCl2NO2S. The van der Waals surface area contributed by atoms with Crippen molar-refractivity contribution >= 4 is 54.8 Å². The molecule has 0 fully saturated rings. The Morgan fingerprint density at radius 2 is 1.47 bits per heavy atom. The van der Waals surface area contributed by atoms with Gasteiger partial charge in [-0.1, -0.05) is 39.1 Å². The highest BCUT2D eigenvalue weighted by molar-refractivity contribution is 9.10. The molecule has 0 aromatic heterocycles. The van der Waals surface area contributed by atoms with Crippen LogP contribution in [0.5, 0.6) is 0 Å². The zero-order valence-corrected chi connectivity index (χ0v) is 13.3. The molecule has 0 aliphatic carbocycles. The van der Waals surface area contributed by atoms with Crippen LogP contribution in [-0.4, -0.2) is 8.42 Å². The molecule has 3 nitrogen and oxygen atoms in total. The summed E-state index contributed by atoms with van der Waals surface area (Å²) in [6.07, 6.45) is 0. The Balaban J connectivity index is 2.34. The van der Waals surface area contributed by atoms with Crippen LogP contribution in [-0.2, 0) is 10.0 Å². The second-order valence-corrected chi connectivity index (χ2v) is 7.19. The second kappa shape index (κ2) is 5.71. The van der Waals surface area contributed by atoms with Gasteiger partial charge in [0.15, 0.2) is 0 Å². The summed E-state index contributed by atoms with van der Waals surface area (Å²) in [6, 6.07) is 10.9. The van der Waals surface area contributed by atoms with Gasteiger partial charge < -0.3 is 0 Å². The summed E-state index contributed by atoms with van der Waals surface area (Å²) in [4.78, 5) is 0.0212. The van der Waals surface area contributed by atoms with Gasteiger partial charge in [-0.3, -0.25) is 4.72 Å². The van der Waals surface area contributed by atoms with Crippen LogP contribution in [0.1, 0.15) is 0 Å². The summed E-state index contributed by atoms with van der Waals surface area (Å²) in [7, 11) is -3.71. The van der Waals surface area contributed by atoms with E-state index in [0.29, 0.717) is 5.69 Å². The third-order valence-electron chi connectivity index (χ3n) is 2.24. The van der Waals surface area contributed by atoms with Crippen molar-refractivity contribution in [3.63, 3.8) is 0 Å². The molecule has 1 N–H and O–H groups in total. The van der Waals surface area contributed by atoms with E-state index < -0.39 is 10.0 Å². The van der Waals surface area contributed by atoms with Gasteiger partial charge in [0.25, 0.3) is 10.0 Å². The van der Waals surface area contributed by atoms with Gasteiger partial charge in [0.1, 0.15) is 0 Å². The smallest absolute Gasteiger partial charge is 0.261 e. The molecule has 0 spiro atoms. The van der Waals surface area contributed by atoms with Gasteiger partial charge in [0, 0.05) is 20.2 Å². The second-order valence-electron chi connectivity index (χ2n) is 3.72. The highest BCUT2D eigenvalue weighted by Crippen LogP contribution is 2.24. The van der Waals surface area contributed by atoms with Crippen molar-refractivity contribution in [1.82, 2.24) is 0 Å². The van der Waals surface area contributed by atoms with Crippen molar-refractivity contribution in [2.24, 2.45) is 0 Å². The first-order chi connectivity index (χ1) is 8.87. The molecule has 100 valence electrons. The molecule has 2 rings (SSSR count). The molecule has 0 heterocycles. The summed E-state index contributed by atoms with van der Waals surface area (Å²) in [5, 5.41) is 0.535. The van der Waals surface area contributed by atoms with Gasteiger partial charge in [-0.05, 0) is 42.5 Å². The van der Waals surface area contributed by atoms with Gasteiger partial charge in [0.2, 0.25) is 0 Å². The number of hydrogen-bond acceptors (Lipinski definition) is 2. The van der Waals surface area contributed by atoms with Crippen LogP contribution < -0.4 is 4.72 Å². The van der Waals surface area contributed by atoms with Crippen molar-refractivity contribution in [3.8, 4) is 0 Å². The van der Waals surface area contributed by atoms with Gasteiger partial charge in [-0.25, -0.2) is 8.42 Å². The summed E-state index contributed by atoms with van der Waals surface area (Å²) in [6.45, 7) is 0. The molecule has 0 bridgehead atoms.